The van der Waals surface area contributed by atoms with Gasteiger partial charge in [0, 0.05) is 6.61 Å². The number of nitrogens with zero attached hydrogens (tertiary/aromatic N) is 2. The summed E-state index contributed by atoms with van der Waals surface area (Å²) < 4.78 is 20.5. The number of hydrogen-bond donors (Lipinski definition) is 1. The lowest BCUT2D eigenvalue weighted by Crippen LogP contribution is -2.85. The minimum Gasteiger partial charge on any atom is -0.372 e. The Labute approximate surface area is 150 Å². The molecule has 5 nitrogen and oxygen atoms in total. The molecule has 134 valence electrons. The molecule has 26 heavy (non-hydrogen) atoms. The van der Waals surface area contributed by atoms with Gasteiger partial charge in [-0.05, 0) is 49.2 Å². The normalized spacial score (nSPS) is 17.0. The quantitative estimate of drug-likeness (QED) is 0.760. The molecular formula is C20H21FN3O2+. The zero-order valence-corrected chi connectivity index (χ0v) is 14.4. The fraction of sp³-hybridized carbons (Fsp3) is 0.300. The Kier molecular flexibility index (Phi) is 4.77. The van der Waals surface area contributed by atoms with E-state index in [2.05, 4.69) is 5.32 Å². The monoisotopic (exact) mass is 354 g/mol. The van der Waals surface area contributed by atoms with Crippen LogP contribution >= 0.6 is 0 Å². The number of aromatic nitrogens is 2. The number of para-hydroxylation sites is 1. The summed E-state index contributed by atoms with van der Waals surface area (Å²) in [6, 6.07) is 13.2. The van der Waals surface area contributed by atoms with E-state index in [1.807, 2.05) is 18.2 Å². The van der Waals surface area contributed by atoms with Crippen LogP contribution < -0.4 is 10.9 Å². The summed E-state index contributed by atoms with van der Waals surface area (Å²) in [7, 11) is 0. The fourth-order valence-electron chi connectivity index (χ4n) is 3.40. The summed E-state index contributed by atoms with van der Waals surface area (Å²) >= 11 is 0. The van der Waals surface area contributed by atoms with Crippen LogP contribution in [0.25, 0.3) is 16.6 Å². The van der Waals surface area contributed by atoms with Gasteiger partial charge in [0.2, 0.25) is 0 Å². The van der Waals surface area contributed by atoms with E-state index in [-0.39, 0.29) is 17.5 Å². The molecule has 0 unspecified atom stereocenters. The number of rotatable bonds is 5. The van der Waals surface area contributed by atoms with Crippen LogP contribution in [0.15, 0.2) is 53.3 Å². The summed E-state index contributed by atoms with van der Waals surface area (Å²) in [6.07, 6.45) is 2.45. The average molecular weight is 354 g/mol. The van der Waals surface area contributed by atoms with E-state index < -0.39 is 0 Å². The Hall–Kier alpha value is -2.57. The molecule has 2 aromatic carbocycles. The van der Waals surface area contributed by atoms with E-state index in [1.54, 1.807) is 22.8 Å². The first kappa shape index (κ1) is 16.9. The number of quaternary nitrogens is 1. The average Bonchev–Trinajstić information content (AvgIpc) is 3.17. The van der Waals surface area contributed by atoms with Gasteiger partial charge in [-0.1, -0.05) is 12.1 Å². The van der Waals surface area contributed by atoms with Crippen LogP contribution in [0.1, 0.15) is 18.7 Å². The zero-order valence-electron chi connectivity index (χ0n) is 14.4. The zero-order chi connectivity index (χ0) is 17.9. The smallest absolute Gasteiger partial charge is 0.266 e. The fourth-order valence-corrected chi connectivity index (χ4v) is 3.40. The second kappa shape index (κ2) is 7.35. The highest BCUT2D eigenvalue weighted by Gasteiger charge is 2.18. The van der Waals surface area contributed by atoms with E-state index in [4.69, 9.17) is 9.72 Å². The number of benzene rings is 2. The predicted molar refractivity (Wildman–Crippen MR) is 96.8 cm³/mol. The Bertz CT molecular complexity index is 963. The highest BCUT2D eigenvalue weighted by atomic mass is 19.1. The molecule has 3 aromatic rings. The minimum atomic E-state index is -0.331. The van der Waals surface area contributed by atoms with Crippen LogP contribution in [-0.4, -0.2) is 28.8 Å². The first-order chi connectivity index (χ1) is 12.7. The molecule has 1 aliphatic heterocycles. The minimum absolute atomic E-state index is 0.136. The molecule has 1 aromatic heterocycles. The molecule has 0 spiro atoms. The largest absolute Gasteiger partial charge is 0.372 e. The van der Waals surface area contributed by atoms with Crippen molar-refractivity contribution in [2.45, 2.75) is 25.5 Å². The first-order valence-electron chi connectivity index (χ1n) is 8.92. The van der Waals surface area contributed by atoms with Gasteiger partial charge in [0.05, 0.1) is 16.6 Å². The van der Waals surface area contributed by atoms with Crippen LogP contribution in [0.2, 0.25) is 0 Å². The molecule has 1 aliphatic rings. The van der Waals surface area contributed by atoms with Crippen LogP contribution in [0.3, 0.4) is 0 Å². The molecule has 1 atom stereocenters. The van der Waals surface area contributed by atoms with Crippen molar-refractivity contribution >= 4 is 10.9 Å². The number of fused-ring (bicyclic) bond motifs is 1. The molecule has 0 saturated carbocycles. The molecule has 0 amide bonds. The van der Waals surface area contributed by atoms with Gasteiger partial charge in [0.25, 0.3) is 5.56 Å². The molecule has 1 fully saturated rings. The summed E-state index contributed by atoms with van der Waals surface area (Å²) in [5, 5.41) is 2.67. The molecule has 2 heterocycles. The van der Waals surface area contributed by atoms with Crippen molar-refractivity contribution in [2.75, 3.05) is 13.2 Å². The second-order valence-electron chi connectivity index (χ2n) is 6.53. The van der Waals surface area contributed by atoms with Gasteiger partial charge in [-0.25, -0.2) is 9.37 Å². The third-order valence-electron chi connectivity index (χ3n) is 4.71. The highest BCUT2D eigenvalue weighted by Crippen LogP contribution is 2.13. The van der Waals surface area contributed by atoms with E-state index in [0.29, 0.717) is 29.0 Å². The van der Waals surface area contributed by atoms with E-state index in [0.717, 1.165) is 26.0 Å². The third kappa shape index (κ3) is 3.38. The lowest BCUT2D eigenvalue weighted by Gasteiger charge is -2.14. The van der Waals surface area contributed by atoms with Crippen molar-refractivity contribution in [3.8, 4) is 5.69 Å². The van der Waals surface area contributed by atoms with Crippen LogP contribution in [0, 0.1) is 5.82 Å². The van der Waals surface area contributed by atoms with Crippen LogP contribution in [0.5, 0.6) is 0 Å². The molecule has 0 bridgehead atoms. The highest BCUT2D eigenvalue weighted by molar-refractivity contribution is 5.77. The summed E-state index contributed by atoms with van der Waals surface area (Å²) in [5.41, 5.74) is 1.16. The van der Waals surface area contributed by atoms with Crippen LogP contribution in [-0.2, 0) is 11.3 Å². The predicted octanol–water partition coefficient (Wildman–Crippen LogP) is 1.77. The molecule has 0 radical (unpaired) electrons. The Morgan fingerprint density at radius 3 is 2.77 bits per heavy atom. The molecule has 1 saturated heterocycles. The molecule has 2 N–H and O–H groups in total. The van der Waals surface area contributed by atoms with Gasteiger partial charge in [-0.3, -0.25) is 9.36 Å². The van der Waals surface area contributed by atoms with Gasteiger partial charge < -0.3 is 10.1 Å². The van der Waals surface area contributed by atoms with E-state index >= 15 is 0 Å². The number of ether oxygens (including phenoxy) is 1. The van der Waals surface area contributed by atoms with Crippen molar-refractivity contribution in [1.29, 1.82) is 0 Å². The maximum atomic E-state index is 13.3. The Balaban J connectivity index is 1.72. The Morgan fingerprint density at radius 1 is 1.19 bits per heavy atom. The van der Waals surface area contributed by atoms with E-state index in [1.165, 1.54) is 12.1 Å². The molecule has 6 heteroatoms. The summed E-state index contributed by atoms with van der Waals surface area (Å²) in [4.78, 5) is 17.7. The SMILES string of the molecule is O=c1c2ccccc2nc(C[NH2+]C[C@@H]2CCCO2)n1-c1ccc(F)cc1. The number of halogens is 1. The van der Waals surface area contributed by atoms with Crippen molar-refractivity contribution in [1.82, 2.24) is 9.55 Å². The van der Waals surface area contributed by atoms with Crippen molar-refractivity contribution in [2.24, 2.45) is 0 Å². The molecular weight excluding hydrogens is 333 g/mol. The topological polar surface area (TPSA) is 60.7 Å². The molecule has 4 rings (SSSR count). The van der Waals surface area contributed by atoms with Gasteiger partial charge in [-0.2, -0.15) is 0 Å². The first-order valence-corrected chi connectivity index (χ1v) is 8.92. The van der Waals surface area contributed by atoms with Crippen LogP contribution in [0.4, 0.5) is 4.39 Å². The van der Waals surface area contributed by atoms with Gasteiger partial charge in [-0.15, -0.1) is 0 Å². The second-order valence-corrected chi connectivity index (χ2v) is 6.53. The standard InChI is InChI=1S/C20H20FN3O2/c21-14-7-9-15(10-8-14)24-19(13-22-12-16-4-3-11-26-16)23-18-6-2-1-5-17(18)20(24)25/h1-2,5-10,16,22H,3-4,11-13H2/p+1/t16-/m0/s1. The maximum absolute atomic E-state index is 13.3. The lowest BCUT2D eigenvalue weighted by molar-refractivity contribution is -0.677. The van der Waals surface area contributed by atoms with Crippen molar-refractivity contribution in [3.05, 3.63) is 70.5 Å². The van der Waals surface area contributed by atoms with E-state index in [9.17, 15) is 9.18 Å². The summed E-state index contributed by atoms with van der Waals surface area (Å²) in [6.45, 7) is 2.22. The lowest BCUT2D eigenvalue weighted by atomic mass is 10.2. The van der Waals surface area contributed by atoms with Gasteiger partial charge in [0.15, 0.2) is 5.82 Å². The Morgan fingerprint density at radius 2 is 2.00 bits per heavy atom. The maximum Gasteiger partial charge on any atom is 0.266 e. The van der Waals surface area contributed by atoms with Crippen molar-refractivity contribution < 1.29 is 14.4 Å². The number of hydrogen-bond acceptors (Lipinski definition) is 3. The van der Waals surface area contributed by atoms with Gasteiger partial charge >= 0.3 is 0 Å². The molecule has 0 aliphatic carbocycles. The third-order valence-corrected chi connectivity index (χ3v) is 4.71. The van der Waals surface area contributed by atoms with Gasteiger partial charge in [0.1, 0.15) is 25.0 Å². The van der Waals surface area contributed by atoms with Crippen molar-refractivity contribution in [3.63, 3.8) is 0 Å². The number of nitrogens with two attached hydrogens (primary N) is 1. The summed E-state index contributed by atoms with van der Waals surface area (Å²) in [5.74, 6) is 0.320.